The van der Waals surface area contributed by atoms with Gasteiger partial charge in [-0.25, -0.2) is 0 Å². The zero-order valence-electron chi connectivity index (χ0n) is 8.06. The van der Waals surface area contributed by atoms with Gasteiger partial charge in [0.15, 0.2) is 0 Å². The molecule has 0 rings (SSSR count). The van der Waals surface area contributed by atoms with Crippen LogP contribution in [-0.2, 0) is 0 Å². The Morgan fingerprint density at radius 2 is 1.75 bits per heavy atom. The lowest BCUT2D eigenvalue weighted by molar-refractivity contribution is 0.280. The van der Waals surface area contributed by atoms with Crippen LogP contribution in [0.4, 0.5) is 0 Å². The molecule has 0 aromatic rings. The molecule has 0 unspecified atom stereocenters. The quantitative estimate of drug-likeness (QED) is 0.463. The molecule has 0 heterocycles. The van der Waals surface area contributed by atoms with Gasteiger partial charge < -0.3 is 5.11 Å². The highest BCUT2D eigenvalue weighted by Gasteiger charge is 2.00. The van der Waals surface area contributed by atoms with E-state index in [1.807, 2.05) is 0 Å². The van der Waals surface area contributed by atoms with Crippen molar-refractivity contribution >= 4 is 11.6 Å². The van der Waals surface area contributed by atoms with Crippen LogP contribution in [0.5, 0.6) is 0 Å². The minimum Gasteiger partial charge on any atom is -0.396 e. The van der Waals surface area contributed by atoms with Gasteiger partial charge in [0.2, 0.25) is 0 Å². The summed E-state index contributed by atoms with van der Waals surface area (Å²) in [5.74, 6) is 1.60. The van der Waals surface area contributed by atoms with Gasteiger partial charge in [0.1, 0.15) is 0 Å². The van der Waals surface area contributed by atoms with Gasteiger partial charge in [0.05, 0.1) is 0 Å². The third-order valence-electron chi connectivity index (χ3n) is 2.19. The van der Waals surface area contributed by atoms with Gasteiger partial charge in [0.25, 0.3) is 0 Å². The summed E-state index contributed by atoms with van der Waals surface area (Å²) >= 11 is 5.60. The standard InChI is InChI=1S/C10H21ClO/c1-10(7-5-8-11)6-3-2-4-9-12/h10,12H,2-9H2,1H3/t10-/m1/s1. The van der Waals surface area contributed by atoms with Crippen molar-refractivity contribution in [2.75, 3.05) is 12.5 Å². The Morgan fingerprint density at radius 3 is 2.33 bits per heavy atom. The summed E-state index contributed by atoms with van der Waals surface area (Å²) in [5, 5.41) is 8.56. The number of alkyl halides is 1. The minimum atomic E-state index is 0.343. The fourth-order valence-electron chi connectivity index (χ4n) is 1.35. The number of aliphatic hydroxyl groups excluding tert-OH is 1. The molecule has 0 aliphatic carbocycles. The predicted octanol–water partition coefficient (Wildman–Crippen LogP) is 3.19. The highest BCUT2D eigenvalue weighted by Crippen LogP contribution is 2.14. The summed E-state index contributed by atoms with van der Waals surface area (Å²) < 4.78 is 0. The van der Waals surface area contributed by atoms with E-state index in [2.05, 4.69) is 6.92 Å². The Bertz CT molecular complexity index is 85.9. The molecular formula is C10H21ClO. The Balaban J connectivity index is 3.02. The molecule has 0 amide bonds. The molecule has 74 valence electrons. The van der Waals surface area contributed by atoms with Crippen molar-refractivity contribution in [3.63, 3.8) is 0 Å². The molecule has 2 heteroatoms. The molecule has 0 aliphatic heterocycles. The summed E-state index contributed by atoms with van der Waals surface area (Å²) in [6.07, 6.45) is 7.07. The van der Waals surface area contributed by atoms with Crippen LogP contribution in [-0.4, -0.2) is 17.6 Å². The summed E-state index contributed by atoms with van der Waals surface area (Å²) in [6, 6.07) is 0. The molecule has 0 aliphatic rings. The first kappa shape index (κ1) is 12.2. The molecule has 12 heavy (non-hydrogen) atoms. The second-order valence-corrected chi connectivity index (χ2v) is 3.89. The highest BCUT2D eigenvalue weighted by molar-refractivity contribution is 6.17. The van der Waals surface area contributed by atoms with Crippen LogP contribution in [0.25, 0.3) is 0 Å². The average Bonchev–Trinajstić information content (AvgIpc) is 2.09. The summed E-state index contributed by atoms with van der Waals surface area (Å²) in [4.78, 5) is 0. The highest BCUT2D eigenvalue weighted by atomic mass is 35.5. The Kier molecular flexibility index (Phi) is 9.53. The number of hydrogen-bond acceptors (Lipinski definition) is 1. The number of aliphatic hydroxyl groups is 1. The fraction of sp³-hybridized carbons (Fsp3) is 1.00. The maximum atomic E-state index is 8.56. The van der Waals surface area contributed by atoms with Crippen molar-refractivity contribution in [2.45, 2.75) is 45.4 Å². The number of hydrogen-bond donors (Lipinski definition) is 1. The van der Waals surface area contributed by atoms with E-state index in [9.17, 15) is 0 Å². The van der Waals surface area contributed by atoms with Crippen LogP contribution in [0, 0.1) is 5.92 Å². The smallest absolute Gasteiger partial charge is 0.0431 e. The first-order chi connectivity index (χ1) is 5.81. The van der Waals surface area contributed by atoms with Gasteiger partial charge in [0, 0.05) is 12.5 Å². The lowest BCUT2D eigenvalue weighted by atomic mass is 9.99. The topological polar surface area (TPSA) is 20.2 Å². The lowest BCUT2D eigenvalue weighted by Crippen LogP contribution is -1.95. The minimum absolute atomic E-state index is 0.343. The predicted molar refractivity (Wildman–Crippen MR) is 54.7 cm³/mol. The van der Waals surface area contributed by atoms with Crippen molar-refractivity contribution in [1.82, 2.24) is 0 Å². The van der Waals surface area contributed by atoms with Crippen molar-refractivity contribution in [3.8, 4) is 0 Å². The largest absolute Gasteiger partial charge is 0.396 e. The van der Waals surface area contributed by atoms with E-state index in [0.717, 1.165) is 24.6 Å². The number of rotatable bonds is 8. The van der Waals surface area contributed by atoms with E-state index in [4.69, 9.17) is 16.7 Å². The van der Waals surface area contributed by atoms with E-state index in [1.54, 1.807) is 0 Å². The van der Waals surface area contributed by atoms with Crippen molar-refractivity contribution in [1.29, 1.82) is 0 Å². The van der Waals surface area contributed by atoms with Crippen LogP contribution in [0.15, 0.2) is 0 Å². The van der Waals surface area contributed by atoms with Crippen molar-refractivity contribution in [2.24, 2.45) is 5.92 Å². The SMILES string of the molecule is C[C@@H](CCCCl)CCCCCO. The molecule has 0 aromatic heterocycles. The van der Waals surface area contributed by atoms with Gasteiger partial charge in [-0.05, 0) is 25.2 Å². The van der Waals surface area contributed by atoms with Crippen molar-refractivity contribution in [3.05, 3.63) is 0 Å². The van der Waals surface area contributed by atoms with Gasteiger partial charge >= 0.3 is 0 Å². The number of unbranched alkanes of at least 4 members (excludes halogenated alkanes) is 2. The summed E-state index contributed by atoms with van der Waals surface area (Å²) in [7, 11) is 0. The van der Waals surface area contributed by atoms with Gasteiger partial charge in [-0.2, -0.15) is 0 Å². The average molecular weight is 193 g/mol. The van der Waals surface area contributed by atoms with Gasteiger partial charge in [-0.15, -0.1) is 11.6 Å². The molecule has 1 atom stereocenters. The van der Waals surface area contributed by atoms with E-state index in [-0.39, 0.29) is 0 Å². The van der Waals surface area contributed by atoms with Crippen LogP contribution in [0.2, 0.25) is 0 Å². The van der Waals surface area contributed by atoms with Crippen LogP contribution in [0.3, 0.4) is 0 Å². The zero-order chi connectivity index (χ0) is 9.23. The molecule has 1 N–H and O–H groups in total. The molecule has 0 spiro atoms. The number of halogens is 1. The zero-order valence-corrected chi connectivity index (χ0v) is 8.82. The van der Waals surface area contributed by atoms with Crippen LogP contribution < -0.4 is 0 Å². The molecule has 0 aromatic carbocycles. The first-order valence-electron chi connectivity index (χ1n) is 4.98. The Morgan fingerprint density at radius 1 is 1.08 bits per heavy atom. The molecular weight excluding hydrogens is 172 g/mol. The molecule has 1 nitrogen and oxygen atoms in total. The fourth-order valence-corrected chi connectivity index (χ4v) is 1.51. The van der Waals surface area contributed by atoms with Crippen LogP contribution in [0.1, 0.15) is 45.4 Å². The van der Waals surface area contributed by atoms with E-state index < -0.39 is 0 Å². The molecule has 0 bridgehead atoms. The second-order valence-electron chi connectivity index (χ2n) is 3.51. The van der Waals surface area contributed by atoms with E-state index >= 15 is 0 Å². The monoisotopic (exact) mass is 192 g/mol. The molecule has 0 radical (unpaired) electrons. The summed E-state index contributed by atoms with van der Waals surface area (Å²) in [6.45, 7) is 2.63. The van der Waals surface area contributed by atoms with Gasteiger partial charge in [-0.3, -0.25) is 0 Å². The molecule has 0 saturated carbocycles. The first-order valence-corrected chi connectivity index (χ1v) is 5.51. The third-order valence-corrected chi connectivity index (χ3v) is 2.45. The maximum absolute atomic E-state index is 8.56. The van der Waals surface area contributed by atoms with E-state index in [0.29, 0.717) is 6.61 Å². The summed E-state index contributed by atoms with van der Waals surface area (Å²) in [5.41, 5.74) is 0. The van der Waals surface area contributed by atoms with Crippen molar-refractivity contribution < 1.29 is 5.11 Å². The van der Waals surface area contributed by atoms with Crippen LogP contribution >= 0.6 is 11.6 Å². The Labute approximate surface area is 81.1 Å². The molecule has 0 saturated heterocycles. The maximum Gasteiger partial charge on any atom is 0.0431 e. The van der Waals surface area contributed by atoms with Gasteiger partial charge in [-0.1, -0.05) is 26.2 Å². The normalized spacial score (nSPS) is 13.2. The van der Waals surface area contributed by atoms with E-state index in [1.165, 1.54) is 25.7 Å². The lowest BCUT2D eigenvalue weighted by Gasteiger charge is -2.09. The molecule has 0 fully saturated rings. The Hall–Kier alpha value is 0.250. The third kappa shape index (κ3) is 8.35. The second kappa shape index (κ2) is 9.34.